The van der Waals surface area contributed by atoms with Crippen molar-refractivity contribution in [2.24, 2.45) is 0 Å². The number of hydrogen-bond acceptors (Lipinski definition) is 2. The molecule has 2 heteroatoms. The lowest BCUT2D eigenvalue weighted by molar-refractivity contribution is 0.599. The highest BCUT2D eigenvalue weighted by Gasteiger charge is 2.02. The summed E-state index contributed by atoms with van der Waals surface area (Å²) in [5.74, 6) is 6.69. The first-order chi connectivity index (χ1) is 7.31. The maximum atomic E-state index is 5.64. The van der Waals surface area contributed by atoms with Gasteiger partial charge in [-0.05, 0) is 25.5 Å². The van der Waals surface area contributed by atoms with Crippen molar-refractivity contribution in [3.05, 3.63) is 35.6 Å². The standard InChI is InChI=1S/C13H13NO/c1-10-5-3-6-11-9-12(15-13(10)11)7-4-8-14-2/h3,5-6,9,14H,8H2,1-2H3. The molecule has 0 aliphatic heterocycles. The summed E-state index contributed by atoms with van der Waals surface area (Å²) in [6, 6.07) is 8.08. The fourth-order valence-electron chi connectivity index (χ4n) is 1.49. The maximum absolute atomic E-state index is 5.64. The molecule has 2 nitrogen and oxygen atoms in total. The summed E-state index contributed by atoms with van der Waals surface area (Å²) in [7, 11) is 1.87. The Morgan fingerprint density at radius 2 is 2.27 bits per heavy atom. The average molecular weight is 199 g/mol. The Labute approximate surface area is 89.3 Å². The van der Waals surface area contributed by atoms with Crippen molar-refractivity contribution in [2.45, 2.75) is 6.92 Å². The molecule has 2 aromatic rings. The van der Waals surface area contributed by atoms with E-state index in [0.29, 0.717) is 6.54 Å². The van der Waals surface area contributed by atoms with Gasteiger partial charge in [0, 0.05) is 11.5 Å². The molecule has 76 valence electrons. The van der Waals surface area contributed by atoms with Crippen LogP contribution in [0.25, 0.3) is 11.0 Å². The minimum atomic E-state index is 0.677. The Morgan fingerprint density at radius 3 is 3.00 bits per heavy atom. The predicted octanol–water partition coefficient (Wildman–Crippen LogP) is 2.31. The van der Waals surface area contributed by atoms with Crippen LogP contribution in [0.4, 0.5) is 0 Å². The number of furan rings is 1. The van der Waals surface area contributed by atoms with E-state index in [-0.39, 0.29) is 0 Å². The van der Waals surface area contributed by atoms with Crippen molar-refractivity contribution < 1.29 is 4.42 Å². The number of aryl methyl sites for hydroxylation is 1. The van der Waals surface area contributed by atoms with Gasteiger partial charge in [0.25, 0.3) is 0 Å². The van der Waals surface area contributed by atoms with Crippen LogP contribution in [0.3, 0.4) is 0 Å². The van der Waals surface area contributed by atoms with E-state index < -0.39 is 0 Å². The van der Waals surface area contributed by atoms with Crippen LogP contribution in [0.5, 0.6) is 0 Å². The van der Waals surface area contributed by atoms with Crippen LogP contribution in [-0.4, -0.2) is 13.6 Å². The Kier molecular flexibility index (Phi) is 2.75. The van der Waals surface area contributed by atoms with E-state index >= 15 is 0 Å². The number of nitrogens with one attached hydrogen (secondary N) is 1. The molecule has 0 bridgehead atoms. The van der Waals surface area contributed by atoms with Gasteiger partial charge in [-0.1, -0.05) is 24.1 Å². The summed E-state index contributed by atoms with van der Waals surface area (Å²) in [4.78, 5) is 0. The molecule has 2 rings (SSSR count). The average Bonchev–Trinajstić information content (AvgIpc) is 2.63. The van der Waals surface area contributed by atoms with Crippen molar-refractivity contribution in [3.63, 3.8) is 0 Å². The van der Waals surface area contributed by atoms with Gasteiger partial charge in [-0.25, -0.2) is 0 Å². The smallest absolute Gasteiger partial charge is 0.178 e. The summed E-state index contributed by atoms with van der Waals surface area (Å²) in [5.41, 5.74) is 2.08. The predicted molar refractivity (Wildman–Crippen MR) is 61.8 cm³/mol. The molecule has 1 N–H and O–H groups in total. The van der Waals surface area contributed by atoms with Gasteiger partial charge in [0.1, 0.15) is 5.58 Å². The molecule has 0 aliphatic rings. The highest BCUT2D eigenvalue weighted by molar-refractivity contribution is 5.81. The van der Waals surface area contributed by atoms with Crippen LogP contribution in [0.15, 0.2) is 28.7 Å². The highest BCUT2D eigenvalue weighted by Crippen LogP contribution is 2.21. The lowest BCUT2D eigenvalue weighted by Crippen LogP contribution is -2.04. The molecular weight excluding hydrogens is 186 g/mol. The fraction of sp³-hybridized carbons (Fsp3) is 0.231. The van der Waals surface area contributed by atoms with Crippen molar-refractivity contribution in [2.75, 3.05) is 13.6 Å². The SMILES string of the molecule is CNCC#Cc1cc2cccc(C)c2o1. The Balaban J connectivity index is 2.40. The van der Waals surface area contributed by atoms with E-state index in [1.807, 2.05) is 38.2 Å². The number of para-hydroxylation sites is 1. The summed E-state index contributed by atoms with van der Waals surface area (Å²) >= 11 is 0. The van der Waals surface area contributed by atoms with E-state index in [4.69, 9.17) is 4.42 Å². The van der Waals surface area contributed by atoms with Gasteiger partial charge >= 0.3 is 0 Å². The van der Waals surface area contributed by atoms with E-state index in [2.05, 4.69) is 17.2 Å². The molecule has 0 fully saturated rings. The summed E-state index contributed by atoms with van der Waals surface area (Å²) < 4.78 is 5.64. The van der Waals surface area contributed by atoms with Gasteiger partial charge in [0.2, 0.25) is 0 Å². The Hall–Kier alpha value is -1.72. The third-order valence-electron chi connectivity index (χ3n) is 2.22. The molecule has 0 saturated carbocycles. The molecule has 0 radical (unpaired) electrons. The topological polar surface area (TPSA) is 25.2 Å². The monoisotopic (exact) mass is 199 g/mol. The van der Waals surface area contributed by atoms with Crippen molar-refractivity contribution in [1.29, 1.82) is 0 Å². The van der Waals surface area contributed by atoms with Crippen molar-refractivity contribution in [3.8, 4) is 11.8 Å². The molecule has 0 saturated heterocycles. The molecule has 1 aromatic heterocycles. The van der Waals surface area contributed by atoms with Crippen LogP contribution < -0.4 is 5.32 Å². The first-order valence-corrected chi connectivity index (χ1v) is 4.94. The molecule has 0 aliphatic carbocycles. The second-order valence-corrected chi connectivity index (χ2v) is 3.44. The molecule has 0 amide bonds. The lowest BCUT2D eigenvalue weighted by atomic mass is 10.2. The zero-order valence-corrected chi connectivity index (χ0v) is 8.92. The quantitative estimate of drug-likeness (QED) is 0.713. The minimum absolute atomic E-state index is 0.677. The summed E-state index contributed by atoms with van der Waals surface area (Å²) in [6.45, 7) is 2.71. The van der Waals surface area contributed by atoms with Crippen LogP contribution >= 0.6 is 0 Å². The normalized spacial score (nSPS) is 10.0. The summed E-state index contributed by atoms with van der Waals surface area (Å²) in [6.07, 6.45) is 0. The van der Waals surface area contributed by atoms with Gasteiger partial charge < -0.3 is 9.73 Å². The molecule has 15 heavy (non-hydrogen) atoms. The second kappa shape index (κ2) is 4.20. The van der Waals surface area contributed by atoms with Crippen molar-refractivity contribution >= 4 is 11.0 Å². The van der Waals surface area contributed by atoms with E-state index in [1.165, 1.54) is 0 Å². The molecular formula is C13H13NO. The van der Waals surface area contributed by atoms with E-state index in [9.17, 15) is 0 Å². The molecule has 1 heterocycles. The van der Waals surface area contributed by atoms with Crippen LogP contribution in [-0.2, 0) is 0 Å². The van der Waals surface area contributed by atoms with Gasteiger partial charge in [-0.2, -0.15) is 0 Å². The Bertz CT molecular complexity index is 528. The minimum Gasteiger partial charge on any atom is -0.447 e. The highest BCUT2D eigenvalue weighted by atomic mass is 16.3. The van der Waals surface area contributed by atoms with Gasteiger partial charge in [-0.3, -0.25) is 0 Å². The Morgan fingerprint density at radius 1 is 1.40 bits per heavy atom. The summed E-state index contributed by atoms with van der Waals surface area (Å²) in [5, 5.41) is 4.08. The largest absolute Gasteiger partial charge is 0.447 e. The van der Waals surface area contributed by atoms with Crippen molar-refractivity contribution in [1.82, 2.24) is 5.32 Å². The molecule has 0 atom stereocenters. The molecule has 0 spiro atoms. The zero-order chi connectivity index (χ0) is 10.7. The molecule has 1 aromatic carbocycles. The first kappa shape index (κ1) is 9.82. The third-order valence-corrected chi connectivity index (χ3v) is 2.22. The van der Waals surface area contributed by atoms with Crippen LogP contribution in [0.1, 0.15) is 11.3 Å². The van der Waals surface area contributed by atoms with Gasteiger partial charge in [0.05, 0.1) is 6.54 Å². The van der Waals surface area contributed by atoms with Crippen LogP contribution in [0.2, 0.25) is 0 Å². The van der Waals surface area contributed by atoms with Gasteiger partial charge in [0.15, 0.2) is 5.76 Å². The first-order valence-electron chi connectivity index (χ1n) is 4.94. The zero-order valence-electron chi connectivity index (χ0n) is 8.92. The second-order valence-electron chi connectivity index (χ2n) is 3.44. The number of rotatable bonds is 1. The maximum Gasteiger partial charge on any atom is 0.178 e. The number of hydrogen-bond donors (Lipinski definition) is 1. The van der Waals surface area contributed by atoms with Gasteiger partial charge in [-0.15, -0.1) is 0 Å². The lowest BCUT2D eigenvalue weighted by Gasteiger charge is -1.90. The van der Waals surface area contributed by atoms with Crippen LogP contribution in [0, 0.1) is 18.8 Å². The number of benzene rings is 1. The fourth-order valence-corrected chi connectivity index (χ4v) is 1.49. The van der Waals surface area contributed by atoms with E-state index in [0.717, 1.165) is 22.3 Å². The molecule has 0 unspecified atom stereocenters. The number of fused-ring (bicyclic) bond motifs is 1. The third kappa shape index (κ3) is 2.03. The van der Waals surface area contributed by atoms with E-state index in [1.54, 1.807) is 0 Å².